The highest BCUT2D eigenvalue weighted by atomic mass is 32.1. The molecule has 0 radical (unpaired) electrons. The highest BCUT2D eigenvalue weighted by Gasteiger charge is 2.45. The van der Waals surface area contributed by atoms with Crippen molar-refractivity contribution in [3.8, 4) is 0 Å². The molecule has 0 aliphatic carbocycles. The number of nitrogens with zero attached hydrogens (tertiary/aromatic N) is 1. The summed E-state index contributed by atoms with van der Waals surface area (Å²) in [5, 5.41) is 4.92. The number of aromatic nitrogens is 1. The van der Waals surface area contributed by atoms with Gasteiger partial charge in [-0.15, -0.1) is 11.3 Å². The van der Waals surface area contributed by atoms with E-state index in [-0.39, 0.29) is 11.6 Å². The zero-order valence-corrected chi connectivity index (χ0v) is 12.7. The third-order valence-corrected chi connectivity index (χ3v) is 5.05. The Morgan fingerprint density at radius 2 is 2.28 bits per heavy atom. The van der Waals surface area contributed by atoms with Crippen LogP contribution in [0.15, 0.2) is 0 Å². The fourth-order valence-electron chi connectivity index (χ4n) is 2.63. The van der Waals surface area contributed by atoms with Gasteiger partial charge in [0.1, 0.15) is 5.01 Å². The normalized spacial score (nSPS) is 27.9. The van der Waals surface area contributed by atoms with E-state index in [1.165, 1.54) is 15.6 Å². The first kappa shape index (κ1) is 14.0. The number of hydrogen-bond donors (Lipinski definition) is 1. The number of thiazole rings is 1. The van der Waals surface area contributed by atoms with E-state index < -0.39 is 0 Å². The first-order chi connectivity index (χ1) is 8.64. The largest absolute Gasteiger partial charge is 0.376 e. The lowest BCUT2D eigenvalue weighted by atomic mass is 9.92. The Morgan fingerprint density at radius 1 is 1.50 bits per heavy atom. The molecule has 0 bridgehead atoms. The quantitative estimate of drug-likeness (QED) is 0.891. The summed E-state index contributed by atoms with van der Waals surface area (Å²) in [6, 6.07) is 0. The van der Waals surface area contributed by atoms with Gasteiger partial charge in [-0.2, -0.15) is 0 Å². The van der Waals surface area contributed by atoms with Gasteiger partial charge in [0, 0.05) is 11.5 Å². The lowest BCUT2D eigenvalue weighted by molar-refractivity contribution is 0.0819. The van der Waals surface area contributed by atoms with Crippen LogP contribution in [0.2, 0.25) is 0 Å². The highest BCUT2D eigenvalue weighted by molar-refractivity contribution is 7.11. The minimum Gasteiger partial charge on any atom is -0.376 e. The number of ether oxygens (including phenoxy) is 1. The number of nitrogens with one attached hydrogen (secondary N) is 1. The first-order valence-electron chi connectivity index (χ1n) is 6.97. The smallest absolute Gasteiger partial charge is 0.116 e. The molecule has 1 aromatic rings. The van der Waals surface area contributed by atoms with Crippen molar-refractivity contribution < 1.29 is 4.74 Å². The molecule has 0 amide bonds. The molecule has 0 spiro atoms. The van der Waals surface area contributed by atoms with Gasteiger partial charge >= 0.3 is 0 Å². The third-order valence-electron chi connectivity index (χ3n) is 3.86. The van der Waals surface area contributed by atoms with Gasteiger partial charge in [0.25, 0.3) is 0 Å². The van der Waals surface area contributed by atoms with Crippen molar-refractivity contribution >= 4 is 11.3 Å². The van der Waals surface area contributed by atoms with E-state index in [1.54, 1.807) is 0 Å². The fraction of sp³-hybridized carbons (Fsp3) is 0.786. The topological polar surface area (TPSA) is 34.2 Å². The number of aryl methyl sites for hydroxylation is 2. The van der Waals surface area contributed by atoms with Crippen LogP contribution in [-0.4, -0.2) is 24.2 Å². The van der Waals surface area contributed by atoms with Gasteiger partial charge in [0.15, 0.2) is 0 Å². The maximum Gasteiger partial charge on any atom is 0.116 e. The molecule has 1 aromatic heterocycles. The molecule has 1 saturated heterocycles. The summed E-state index contributed by atoms with van der Waals surface area (Å²) in [5.74, 6) is 0. The van der Waals surface area contributed by atoms with Crippen molar-refractivity contribution in [2.45, 2.75) is 58.6 Å². The molecule has 1 fully saturated rings. The average molecular weight is 268 g/mol. The van der Waals surface area contributed by atoms with Gasteiger partial charge in [-0.1, -0.05) is 13.8 Å². The predicted molar refractivity (Wildman–Crippen MR) is 76.2 cm³/mol. The maximum atomic E-state index is 5.81. The molecule has 102 valence electrons. The SMILES string of the molecule is CCCNC1(c2nc(CC)c(C)s2)CCOC1C. The summed E-state index contributed by atoms with van der Waals surface area (Å²) in [5.41, 5.74) is 1.19. The molecule has 2 atom stereocenters. The van der Waals surface area contributed by atoms with Crippen LogP contribution < -0.4 is 5.32 Å². The van der Waals surface area contributed by atoms with E-state index in [2.05, 4.69) is 33.0 Å². The second kappa shape index (κ2) is 5.68. The molecular formula is C14H24N2OS. The molecule has 2 unspecified atom stereocenters. The summed E-state index contributed by atoms with van der Waals surface area (Å²) in [4.78, 5) is 6.21. The summed E-state index contributed by atoms with van der Waals surface area (Å²) in [6.07, 6.45) is 3.39. The molecular weight excluding hydrogens is 244 g/mol. The number of hydrogen-bond acceptors (Lipinski definition) is 4. The molecule has 18 heavy (non-hydrogen) atoms. The van der Waals surface area contributed by atoms with Gasteiger partial charge < -0.3 is 10.1 Å². The van der Waals surface area contributed by atoms with Crippen molar-refractivity contribution in [3.05, 3.63) is 15.6 Å². The van der Waals surface area contributed by atoms with Crippen molar-refractivity contribution in [2.24, 2.45) is 0 Å². The Bertz CT molecular complexity index is 404. The average Bonchev–Trinajstić information content (AvgIpc) is 2.91. The van der Waals surface area contributed by atoms with E-state index >= 15 is 0 Å². The molecule has 2 heterocycles. The van der Waals surface area contributed by atoms with Crippen LogP contribution in [0.25, 0.3) is 0 Å². The van der Waals surface area contributed by atoms with Crippen LogP contribution in [0, 0.1) is 6.92 Å². The Labute approximate surface area is 114 Å². The standard InChI is InChI=1S/C14H24N2OS/c1-5-8-15-14(7-9-17-11(14)4)13-16-12(6-2)10(3)18-13/h11,15H,5-9H2,1-4H3. The van der Waals surface area contributed by atoms with Crippen LogP contribution in [0.1, 0.15) is 49.2 Å². The molecule has 4 heteroatoms. The minimum absolute atomic E-state index is 0.0567. The van der Waals surface area contributed by atoms with Crippen LogP contribution in [-0.2, 0) is 16.7 Å². The van der Waals surface area contributed by atoms with Crippen molar-refractivity contribution in [1.29, 1.82) is 0 Å². The van der Waals surface area contributed by atoms with Gasteiger partial charge in [0.05, 0.1) is 17.3 Å². The lowest BCUT2D eigenvalue weighted by Gasteiger charge is -2.31. The zero-order valence-electron chi connectivity index (χ0n) is 11.9. The third kappa shape index (κ3) is 2.33. The van der Waals surface area contributed by atoms with E-state index in [9.17, 15) is 0 Å². The molecule has 0 saturated carbocycles. The van der Waals surface area contributed by atoms with E-state index in [0.29, 0.717) is 0 Å². The van der Waals surface area contributed by atoms with Gasteiger partial charge in [0.2, 0.25) is 0 Å². The minimum atomic E-state index is -0.0567. The molecule has 1 aliphatic rings. The number of rotatable bonds is 5. The molecule has 1 aliphatic heterocycles. The van der Waals surface area contributed by atoms with Crippen molar-refractivity contribution in [2.75, 3.05) is 13.2 Å². The van der Waals surface area contributed by atoms with Gasteiger partial charge in [-0.05, 0) is 39.7 Å². The Kier molecular flexibility index (Phi) is 4.41. The summed E-state index contributed by atoms with van der Waals surface area (Å²) >= 11 is 1.84. The lowest BCUT2D eigenvalue weighted by Crippen LogP contribution is -2.48. The van der Waals surface area contributed by atoms with Gasteiger partial charge in [-0.25, -0.2) is 4.98 Å². The molecule has 2 rings (SSSR count). The van der Waals surface area contributed by atoms with E-state index in [1.807, 2.05) is 11.3 Å². The molecule has 3 nitrogen and oxygen atoms in total. The van der Waals surface area contributed by atoms with E-state index in [4.69, 9.17) is 9.72 Å². The second-order valence-corrected chi connectivity index (χ2v) is 6.24. The van der Waals surface area contributed by atoms with Crippen LogP contribution in [0.3, 0.4) is 0 Å². The first-order valence-corrected chi connectivity index (χ1v) is 7.79. The highest BCUT2D eigenvalue weighted by Crippen LogP contribution is 2.39. The Morgan fingerprint density at radius 3 is 2.78 bits per heavy atom. The molecule has 0 aromatic carbocycles. The van der Waals surface area contributed by atoms with Crippen LogP contribution >= 0.6 is 11.3 Å². The Hall–Kier alpha value is -0.450. The maximum absolute atomic E-state index is 5.81. The zero-order chi connectivity index (χ0) is 13.2. The summed E-state index contributed by atoms with van der Waals surface area (Å²) in [6.45, 7) is 10.6. The fourth-order valence-corrected chi connectivity index (χ4v) is 3.90. The Balaban J connectivity index is 2.33. The van der Waals surface area contributed by atoms with Gasteiger partial charge in [-0.3, -0.25) is 0 Å². The summed E-state index contributed by atoms with van der Waals surface area (Å²) < 4.78 is 5.81. The molecule has 1 N–H and O–H groups in total. The van der Waals surface area contributed by atoms with Crippen LogP contribution in [0.4, 0.5) is 0 Å². The van der Waals surface area contributed by atoms with Crippen LogP contribution in [0.5, 0.6) is 0 Å². The van der Waals surface area contributed by atoms with Crippen molar-refractivity contribution in [1.82, 2.24) is 10.3 Å². The predicted octanol–water partition coefficient (Wildman–Crippen LogP) is 3.02. The summed E-state index contributed by atoms with van der Waals surface area (Å²) in [7, 11) is 0. The van der Waals surface area contributed by atoms with Crippen molar-refractivity contribution in [3.63, 3.8) is 0 Å². The van der Waals surface area contributed by atoms with E-state index in [0.717, 1.165) is 32.4 Å². The second-order valence-electron chi connectivity index (χ2n) is 5.04. The monoisotopic (exact) mass is 268 g/mol.